The van der Waals surface area contributed by atoms with Crippen LogP contribution in [0.15, 0.2) is 73.1 Å². The number of hydrogen-bond donors (Lipinski definition) is 4. The maximum atomic E-state index is 13.3. The van der Waals surface area contributed by atoms with Gasteiger partial charge in [0.2, 0.25) is 0 Å². The lowest BCUT2D eigenvalue weighted by molar-refractivity contribution is 0.103. The van der Waals surface area contributed by atoms with Crippen molar-refractivity contribution in [3.63, 3.8) is 0 Å². The molecule has 0 bridgehead atoms. The van der Waals surface area contributed by atoms with E-state index in [9.17, 15) is 19.8 Å². The quantitative estimate of drug-likeness (QED) is 0.0248. The van der Waals surface area contributed by atoms with Gasteiger partial charge < -0.3 is 39.8 Å². The molecular formula is C56H84N2O8. The molecule has 4 N–H and O–H groups in total. The molecule has 10 heteroatoms. The van der Waals surface area contributed by atoms with E-state index in [4.69, 9.17) is 18.9 Å². The molecule has 0 aliphatic heterocycles. The summed E-state index contributed by atoms with van der Waals surface area (Å²) in [4.78, 5) is 26.7. The highest BCUT2D eigenvalue weighted by atomic mass is 16.5. The van der Waals surface area contributed by atoms with Crippen molar-refractivity contribution >= 4 is 22.9 Å². The molecule has 0 aromatic heterocycles. The average molecular weight is 913 g/mol. The highest BCUT2D eigenvalue weighted by Crippen LogP contribution is 2.38. The lowest BCUT2D eigenvalue weighted by Gasteiger charge is -2.18. The summed E-state index contributed by atoms with van der Waals surface area (Å²) >= 11 is 0. The number of unbranched alkanes of at least 4 members (excludes halogenated alkanes) is 20. The first-order chi connectivity index (χ1) is 32.3. The summed E-state index contributed by atoms with van der Waals surface area (Å²) in [6.07, 6.45) is 33.2. The fourth-order valence-electron chi connectivity index (χ4n) is 7.51. The van der Waals surface area contributed by atoms with E-state index < -0.39 is 0 Å². The van der Waals surface area contributed by atoms with Crippen LogP contribution in [0.2, 0.25) is 0 Å². The molecule has 0 saturated heterocycles. The van der Waals surface area contributed by atoms with Crippen LogP contribution < -0.4 is 29.6 Å². The molecule has 3 aromatic rings. The predicted molar refractivity (Wildman–Crippen MR) is 272 cm³/mol. The van der Waals surface area contributed by atoms with E-state index in [0.29, 0.717) is 60.8 Å². The number of rotatable bonds is 40. The molecule has 10 nitrogen and oxygen atoms in total. The monoisotopic (exact) mass is 913 g/mol. The van der Waals surface area contributed by atoms with Gasteiger partial charge in [0.25, 0.3) is 0 Å². The van der Waals surface area contributed by atoms with Crippen LogP contribution >= 0.6 is 0 Å². The minimum absolute atomic E-state index is 0.152. The molecule has 0 aliphatic rings. The number of phenols is 2. The van der Waals surface area contributed by atoms with Crippen molar-refractivity contribution in [1.29, 1.82) is 0 Å². The molecule has 366 valence electrons. The Hall–Kier alpha value is -5.12. The Morgan fingerprint density at radius 2 is 0.727 bits per heavy atom. The largest absolute Gasteiger partial charge is 0.507 e. The Kier molecular flexibility index (Phi) is 29.4. The van der Waals surface area contributed by atoms with Gasteiger partial charge in [-0.3, -0.25) is 9.59 Å². The molecule has 0 heterocycles. The van der Waals surface area contributed by atoms with Crippen molar-refractivity contribution in [3.05, 3.63) is 84.2 Å². The van der Waals surface area contributed by atoms with E-state index in [-0.39, 0.29) is 34.2 Å². The number of ketones is 2. The number of allylic oxidation sites excluding steroid dienone is 2. The summed E-state index contributed by atoms with van der Waals surface area (Å²) in [6, 6.07) is 13.2. The summed E-state index contributed by atoms with van der Waals surface area (Å²) in [5.41, 5.74) is 1.44. The van der Waals surface area contributed by atoms with E-state index in [1.807, 2.05) is 12.1 Å². The third kappa shape index (κ3) is 22.9. The van der Waals surface area contributed by atoms with Gasteiger partial charge in [-0.1, -0.05) is 156 Å². The number of carbonyl (C=O) groups excluding carboxylic acids is 2. The minimum Gasteiger partial charge on any atom is -0.507 e. The number of benzene rings is 3. The summed E-state index contributed by atoms with van der Waals surface area (Å²) in [5, 5.41) is 28.0. The number of aromatic hydroxyl groups is 2. The Morgan fingerprint density at radius 1 is 0.424 bits per heavy atom. The van der Waals surface area contributed by atoms with Crippen LogP contribution in [0.25, 0.3) is 0 Å². The number of nitrogens with one attached hydrogen (secondary N) is 2. The van der Waals surface area contributed by atoms with E-state index in [2.05, 4.69) is 38.3 Å². The normalized spacial score (nSPS) is 11.3. The zero-order chi connectivity index (χ0) is 47.5. The average Bonchev–Trinajstić information content (AvgIpc) is 3.31. The second-order valence-electron chi connectivity index (χ2n) is 17.4. The van der Waals surface area contributed by atoms with Crippen molar-refractivity contribution in [2.45, 2.75) is 182 Å². The Balaban J connectivity index is 1.79. The van der Waals surface area contributed by atoms with Crippen molar-refractivity contribution in [3.8, 4) is 34.5 Å². The summed E-state index contributed by atoms with van der Waals surface area (Å²) in [7, 11) is 0. The smallest absolute Gasteiger partial charge is 0.191 e. The van der Waals surface area contributed by atoms with Crippen LogP contribution in [0.3, 0.4) is 0 Å². The Bertz CT molecular complexity index is 1720. The second-order valence-corrected chi connectivity index (χ2v) is 17.4. The number of anilines is 2. The molecule has 0 aliphatic carbocycles. The third-order valence-corrected chi connectivity index (χ3v) is 11.5. The number of carbonyl (C=O) groups is 2. The highest BCUT2D eigenvalue weighted by molar-refractivity contribution is 6.07. The van der Waals surface area contributed by atoms with Gasteiger partial charge in [0.1, 0.15) is 23.0 Å². The Morgan fingerprint density at radius 3 is 1.05 bits per heavy atom. The maximum absolute atomic E-state index is 13.3. The molecule has 0 radical (unpaired) electrons. The minimum atomic E-state index is -0.389. The predicted octanol–water partition coefficient (Wildman–Crippen LogP) is 15.7. The van der Waals surface area contributed by atoms with Gasteiger partial charge in [-0.25, -0.2) is 0 Å². The number of hydrogen-bond acceptors (Lipinski definition) is 10. The summed E-state index contributed by atoms with van der Waals surface area (Å²) < 4.78 is 24.4. The van der Waals surface area contributed by atoms with Crippen molar-refractivity contribution < 1.29 is 38.7 Å². The topological polar surface area (TPSA) is 136 Å². The first-order valence-corrected chi connectivity index (χ1v) is 25.6. The molecule has 3 aromatic carbocycles. The van der Waals surface area contributed by atoms with Crippen LogP contribution in [-0.2, 0) is 0 Å². The number of phenolic OH excluding ortho intramolecular Hbond substituents is 2. The summed E-state index contributed by atoms with van der Waals surface area (Å²) in [6.45, 7) is 11.0. The molecule has 0 fully saturated rings. The lowest BCUT2D eigenvalue weighted by Crippen LogP contribution is -2.06. The Labute approximate surface area is 397 Å². The van der Waals surface area contributed by atoms with E-state index in [1.165, 1.54) is 127 Å². The molecule has 3 rings (SSSR count). The third-order valence-electron chi connectivity index (χ3n) is 11.5. The molecule has 0 amide bonds. The van der Waals surface area contributed by atoms with Crippen LogP contribution in [0.1, 0.15) is 203 Å². The van der Waals surface area contributed by atoms with Gasteiger partial charge in [0.05, 0.1) is 48.9 Å². The van der Waals surface area contributed by atoms with Crippen molar-refractivity contribution in [1.82, 2.24) is 0 Å². The van der Waals surface area contributed by atoms with Crippen molar-refractivity contribution in [2.75, 3.05) is 37.1 Å². The van der Waals surface area contributed by atoms with Crippen molar-refractivity contribution in [2.24, 2.45) is 0 Å². The van der Waals surface area contributed by atoms with Gasteiger partial charge in [0.15, 0.2) is 23.1 Å². The molecule has 0 spiro atoms. The SMILES string of the molecule is CCCCCCCCOc1ccc(C(=O)/C=C/Nc2cc(OCCCCCCCC)c(OCCCCCCCC)cc2N/C=C/C(=O)c2ccc(OCCCCCCCC)cc2O)c(O)c1. The van der Waals surface area contributed by atoms with Crippen LogP contribution in [0.4, 0.5) is 11.4 Å². The van der Waals surface area contributed by atoms with Crippen LogP contribution in [0, 0.1) is 0 Å². The second kappa shape index (κ2) is 35.1. The summed E-state index contributed by atoms with van der Waals surface area (Å²) in [5.74, 6) is 1.10. The molecule has 66 heavy (non-hydrogen) atoms. The van der Waals surface area contributed by atoms with E-state index in [0.717, 1.165) is 64.2 Å². The molecule has 0 unspecified atom stereocenters. The fraction of sp³-hybridized carbons (Fsp3) is 0.571. The van der Waals surface area contributed by atoms with Crippen LogP contribution in [-0.4, -0.2) is 48.2 Å². The van der Waals surface area contributed by atoms with E-state index in [1.54, 1.807) is 24.3 Å². The van der Waals surface area contributed by atoms with Gasteiger partial charge in [0, 0.05) is 48.8 Å². The maximum Gasteiger partial charge on any atom is 0.191 e. The first kappa shape index (κ1) is 55.2. The standard InChI is InChI=1S/C56H84N2O8/c1-5-9-13-17-21-25-37-63-45-29-31-47(53(61)41-45)51(59)33-35-57-49-43-55(65-39-27-23-19-15-11-7-3)56(66-40-28-24-20-16-12-8-4)44-50(49)58-36-34-52(60)48-32-30-46(42-54(48)62)64-38-26-22-18-14-10-6-2/h29-36,41-44,57-58,61-62H,5-28,37-40H2,1-4H3/b35-33+,36-34+. The zero-order valence-corrected chi connectivity index (χ0v) is 41.1. The van der Waals surface area contributed by atoms with E-state index >= 15 is 0 Å². The fourth-order valence-corrected chi connectivity index (χ4v) is 7.51. The lowest BCUT2D eigenvalue weighted by atomic mass is 10.1. The van der Waals surface area contributed by atoms with Crippen LogP contribution in [0.5, 0.6) is 34.5 Å². The first-order valence-electron chi connectivity index (χ1n) is 25.6. The number of ether oxygens (including phenoxy) is 4. The van der Waals surface area contributed by atoms with Gasteiger partial charge >= 0.3 is 0 Å². The van der Waals surface area contributed by atoms with Gasteiger partial charge in [-0.15, -0.1) is 0 Å². The molecule has 0 atom stereocenters. The molecular weight excluding hydrogens is 829 g/mol. The zero-order valence-electron chi connectivity index (χ0n) is 41.1. The van der Waals surface area contributed by atoms with Gasteiger partial charge in [-0.2, -0.15) is 0 Å². The van der Waals surface area contributed by atoms with Gasteiger partial charge in [-0.05, 0) is 49.9 Å². The highest BCUT2D eigenvalue weighted by Gasteiger charge is 2.15. The molecule has 0 saturated carbocycles.